The molecule has 0 aromatic rings. The highest BCUT2D eigenvalue weighted by atomic mass is 32.2. The van der Waals surface area contributed by atoms with Gasteiger partial charge in [-0.2, -0.15) is 23.5 Å². The highest BCUT2D eigenvalue weighted by Crippen LogP contribution is 2.33. The monoisotopic (exact) mass is 219 g/mol. The Morgan fingerprint density at radius 3 is 2.54 bits per heavy atom. The molecule has 13 heavy (non-hydrogen) atoms. The lowest BCUT2D eigenvalue weighted by Gasteiger charge is -2.34. The molecule has 3 atom stereocenters. The highest BCUT2D eigenvalue weighted by molar-refractivity contribution is 8.07. The highest BCUT2D eigenvalue weighted by Gasteiger charge is 2.28. The molecule has 1 fully saturated rings. The zero-order valence-electron chi connectivity index (χ0n) is 8.88. The first-order valence-electron chi connectivity index (χ1n) is 5.26. The van der Waals surface area contributed by atoms with Crippen LogP contribution in [0.2, 0.25) is 0 Å². The molecule has 0 aliphatic carbocycles. The number of rotatable bonds is 4. The molecule has 0 amide bonds. The predicted molar refractivity (Wildman–Crippen MR) is 65.9 cm³/mol. The van der Waals surface area contributed by atoms with Gasteiger partial charge in [0.05, 0.1) is 0 Å². The molecule has 3 heteroatoms. The lowest BCUT2D eigenvalue weighted by molar-refractivity contribution is 0.490. The normalized spacial score (nSPS) is 31.6. The molecule has 1 rings (SSSR count). The van der Waals surface area contributed by atoms with Crippen molar-refractivity contribution in [2.75, 3.05) is 18.1 Å². The Kier molecular flexibility index (Phi) is 5.60. The van der Waals surface area contributed by atoms with Gasteiger partial charge >= 0.3 is 0 Å². The number of nitrogens with one attached hydrogen (secondary N) is 1. The third-order valence-corrected chi connectivity index (χ3v) is 5.79. The topological polar surface area (TPSA) is 12.0 Å². The molecule has 0 saturated carbocycles. The summed E-state index contributed by atoms with van der Waals surface area (Å²) >= 11 is 4.30. The Morgan fingerprint density at radius 1 is 1.31 bits per heavy atom. The van der Waals surface area contributed by atoms with Crippen LogP contribution in [-0.4, -0.2) is 34.6 Å². The van der Waals surface area contributed by atoms with Gasteiger partial charge in [0.1, 0.15) is 0 Å². The number of hydrogen-bond acceptors (Lipinski definition) is 3. The Labute approximate surface area is 90.8 Å². The molecular formula is C10H21NS2. The Morgan fingerprint density at radius 2 is 2.00 bits per heavy atom. The van der Waals surface area contributed by atoms with E-state index in [1.165, 1.54) is 17.9 Å². The maximum atomic E-state index is 3.60. The zero-order valence-corrected chi connectivity index (χ0v) is 10.5. The second-order valence-corrected chi connectivity index (χ2v) is 6.25. The van der Waals surface area contributed by atoms with Crippen LogP contribution >= 0.6 is 23.5 Å². The molecule has 0 radical (unpaired) electrons. The van der Waals surface area contributed by atoms with Gasteiger partial charge in [-0.05, 0) is 13.0 Å². The lowest BCUT2D eigenvalue weighted by atomic mass is 10.1. The minimum absolute atomic E-state index is 0.720. The van der Waals surface area contributed by atoms with E-state index >= 15 is 0 Å². The van der Waals surface area contributed by atoms with E-state index in [2.05, 4.69) is 49.6 Å². The first kappa shape index (κ1) is 11.7. The van der Waals surface area contributed by atoms with Crippen molar-refractivity contribution in [2.24, 2.45) is 0 Å². The Balaban J connectivity index is 2.44. The maximum Gasteiger partial charge on any atom is 0.0317 e. The largest absolute Gasteiger partial charge is 0.313 e. The summed E-state index contributed by atoms with van der Waals surface area (Å²) < 4.78 is 0. The van der Waals surface area contributed by atoms with Crippen molar-refractivity contribution in [3.05, 3.63) is 0 Å². The molecule has 78 valence electrons. The Bertz CT molecular complexity index is 141. The Hall–Kier alpha value is 0.660. The summed E-state index contributed by atoms with van der Waals surface area (Å²) in [5, 5.41) is 5.24. The van der Waals surface area contributed by atoms with Crippen molar-refractivity contribution in [3.63, 3.8) is 0 Å². The predicted octanol–water partition coefficient (Wildman–Crippen LogP) is 2.61. The molecular weight excluding hydrogens is 198 g/mol. The van der Waals surface area contributed by atoms with Crippen molar-refractivity contribution in [1.29, 1.82) is 0 Å². The molecule has 1 heterocycles. The van der Waals surface area contributed by atoms with E-state index in [4.69, 9.17) is 0 Å². The molecule has 3 unspecified atom stereocenters. The van der Waals surface area contributed by atoms with Crippen molar-refractivity contribution in [2.45, 2.75) is 43.7 Å². The average molecular weight is 219 g/mol. The summed E-state index contributed by atoms with van der Waals surface area (Å²) in [5.74, 6) is 2.67. The van der Waals surface area contributed by atoms with E-state index in [1.54, 1.807) is 0 Å². The molecule has 1 nitrogen and oxygen atoms in total. The van der Waals surface area contributed by atoms with Crippen molar-refractivity contribution >= 4 is 23.5 Å². The van der Waals surface area contributed by atoms with Gasteiger partial charge in [-0.15, -0.1) is 0 Å². The zero-order chi connectivity index (χ0) is 9.68. The second-order valence-electron chi connectivity index (χ2n) is 3.48. The molecule has 0 aromatic heterocycles. The quantitative estimate of drug-likeness (QED) is 0.780. The van der Waals surface area contributed by atoms with E-state index < -0.39 is 0 Å². The standard InChI is InChI=1S/C10H21NS2/c1-4-9(11-5-2)10-8(3)12-6-7-13-10/h8-11H,4-7H2,1-3H3. The average Bonchev–Trinajstić information content (AvgIpc) is 2.16. The van der Waals surface area contributed by atoms with Gasteiger partial charge in [-0.3, -0.25) is 0 Å². The first-order valence-corrected chi connectivity index (χ1v) is 7.35. The van der Waals surface area contributed by atoms with E-state index in [1.807, 2.05) is 0 Å². The lowest BCUT2D eigenvalue weighted by Crippen LogP contribution is -2.43. The third kappa shape index (κ3) is 3.37. The summed E-state index contributed by atoms with van der Waals surface area (Å²) in [5.41, 5.74) is 0. The fourth-order valence-electron chi connectivity index (χ4n) is 1.85. The van der Waals surface area contributed by atoms with Crippen LogP contribution in [0.3, 0.4) is 0 Å². The molecule has 1 aliphatic heterocycles. The summed E-state index contributed by atoms with van der Waals surface area (Å²) in [4.78, 5) is 0. The van der Waals surface area contributed by atoms with Crippen molar-refractivity contribution in [3.8, 4) is 0 Å². The summed E-state index contributed by atoms with van der Waals surface area (Å²) in [6.07, 6.45) is 1.26. The molecule has 1 N–H and O–H groups in total. The smallest absolute Gasteiger partial charge is 0.0317 e. The number of thioether (sulfide) groups is 2. The van der Waals surface area contributed by atoms with Gasteiger partial charge in [0.2, 0.25) is 0 Å². The van der Waals surface area contributed by atoms with Crippen LogP contribution in [0.5, 0.6) is 0 Å². The summed E-state index contributed by atoms with van der Waals surface area (Å²) in [6, 6.07) is 0.720. The van der Waals surface area contributed by atoms with Crippen LogP contribution in [0.4, 0.5) is 0 Å². The second kappa shape index (κ2) is 6.20. The van der Waals surface area contributed by atoms with Gasteiger partial charge in [-0.1, -0.05) is 20.8 Å². The van der Waals surface area contributed by atoms with Gasteiger partial charge in [0.15, 0.2) is 0 Å². The van der Waals surface area contributed by atoms with E-state index in [0.29, 0.717) is 0 Å². The SMILES string of the molecule is CCNC(CC)C1SCCSC1C. The molecule has 1 saturated heterocycles. The van der Waals surface area contributed by atoms with Crippen LogP contribution in [0.1, 0.15) is 27.2 Å². The van der Waals surface area contributed by atoms with E-state index in [0.717, 1.165) is 23.1 Å². The number of hydrogen-bond donors (Lipinski definition) is 1. The van der Waals surface area contributed by atoms with E-state index in [9.17, 15) is 0 Å². The van der Waals surface area contributed by atoms with Crippen LogP contribution in [-0.2, 0) is 0 Å². The molecule has 0 bridgehead atoms. The maximum absolute atomic E-state index is 3.60. The third-order valence-electron chi connectivity index (χ3n) is 2.54. The van der Waals surface area contributed by atoms with Crippen LogP contribution in [0.25, 0.3) is 0 Å². The minimum atomic E-state index is 0.720. The van der Waals surface area contributed by atoms with Crippen molar-refractivity contribution < 1.29 is 0 Å². The fraction of sp³-hybridized carbons (Fsp3) is 1.00. The van der Waals surface area contributed by atoms with Crippen LogP contribution in [0.15, 0.2) is 0 Å². The van der Waals surface area contributed by atoms with Gasteiger partial charge in [-0.25, -0.2) is 0 Å². The molecule has 0 spiro atoms. The fourth-order valence-corrected chi connectivity index (χ4v) is 4.90. The van der Waals surface area contributed by atoms with Gasteiger partial charge in [0, 0.05) is 28.0 Å². The summed E-state index contributed by atoms with van der Waals surface area (Å²) in [7, 11) is 0. The van der Waals surface area contributed by atoms with Gasteiger partial charge < -0.3 is 5.32 Å². The van der Waals surface area contributed by atoms with Crippen molar-refractivity contribution in [1.82, 2.24) is 5.32 Å². The summed E-state index contributed by atoms with van der Waals surface area (Å²) in [6.45, 7) is 7.97. The molecule has 0 aromatic carbocycles. The minimum Gasteiger partial charge on any atom is -0.313 e. The van der Waals surface area contributed by atoms with Gasteiger partial charge in [0.25, 0.3) is 0 Å². The van der Waals surface area contributed by atoms with E-state index in [-0.39, 0.29) is 0 Å². The molecule has 1 aliphatic rings. The van der Waals surface area contributed by atoms with Crippen LogP contribution < -0.4 is 5.32 Å². The van der Waals surface area contributed by atoms with Crippen LogP contribution in [0, 0.1) is 0 Å². The first-order chi connectivity index (χ1) is 6.29.